The summed E-state index contributed by atoms with van der Waals surface area (Å²) in [7, 11) is 3.67. The number of Topliss-reactive ketones (excluding diaryl/α,β-unsaturated/α-hetero) is 1. The number of hydrogen-bond acceptors (Lipinski definition) is 5. The van der Waals surface area contributed by atoms with E-state index in [4.69, 9.17) is 0 Å². The number of carbonyl (C=O) groups excluding carboxylic acids is 3. The Kier molecular flexibility index (Phi) is 10.3. The first-order chi connectivity index (χ1) is 19.0. The van der Waals surface area contributed by atoms with E-state index in [0.717, 1.165) is 43.4 Å². The van der Waals surface area contributed by atoms with Crippen LogP contribution in [-0.2, 0) is 14.4 Å². The van der Waals surface area contributed by atoms with Crippen molar-refractivity contribution in [2.45, 2.75) is 82.0 Å². The third-order valence-corrected chi connectivity index (χ3v) is 8.68. The van der Waals surface area contributed by atoms with Crippen molar-refractivity contribution in [2.75, 3.05) is 20.6 Å². The molecule has 0 saturated carbocycles. The molecule has 2 saturated heterocycles. The van der Waals surface area contributed by atoms with Gasteiger partial charge in [-0.3, -0.25) is 14.4 Å². The summed E-state index contributed by atoms with van der Waals surface area (Å²) in [5.74, 6) is -0.179. The van der Waals surface area contributed by atoms with Crippen LogP contribution >= 0.6 is 0 Å². The van der Waals surface area contributed by atoms with E-state index in [1.165, 1.54) is 0 Å². The van der Waals surface area contributed by atoms with Crippen LogP contribution in [0.15, 0.2) is 60.7 Å². The van der Waals surface area contributed by atoms with E-state index in [1.807, 2.05) is 55.3 Å². The average Bonchev–Trinajstić information content (AvgIpc) is 3.35. The fourth-order valence-electron chi connectivity index (χ4n) is 6.48. The zero-order chi connectivity index (χ0) is 27.8. The van der Waals surface area contributed by atoms with E-state index in [-0.39, 0.29) is 41.5 Å². The molecular weight excluding hydrogens is 488 g/mol. The molecule has 0 aromatic heterocycles. The fourth-order valence-corrected chi connectivity index (χ4v) is 6.48. The van der Waals surface area contributed by atoms with Gasteiger partial charge in [-0.05, 0) is 76.2 Å². The van der Waals surface area contributed by atoms with E-state index >= 15 is 0 Å². The van der Waals surface area contributed by atoms with Crippen LogP contribution in [0.25, 0.3) is 0 Å². The summed E-state index contributed by atoms with van der Waals surface area (Å²) >= 11 is 0. The minimum Gasteiger partial charge on any atom is -0.343 e. The highest BCUT2D eigenvalue weighted by Crippen LogP contribution is 2.37. The van der Waals surface area contributed by atoms with E-state index in [2.05, 4.69) is 40.2 Å². The Labute approximate surface area is 233 Å². The van der Waals surface area contributed by atoms with Crippen molar-refractivity contribution in [1.29, 1.82) is 0 Å². The van der Waals surface area contributed by atoms with Crippen LogP contribution in [0.3, 0.4) is 0 Å². The number of hydrogen-bond donors (Lipinski definition) is 3. The van der Waals surface area contributed by atoms with Crippen LogP contribution in [0.2, 0.25) is 0 Å². The molecule has 2 heterocycles. The number of benzene rings is 2. The van der Waals surface area contributed by atoms with Crippen molar-refractivity contribution in [2.24, 2.45) is 5.92 Å². The summed E-state index contributed by atoms with van der Waals surface area (Å²) < 4.78 is 0. The number of ketones is 1. The van der Waals surface area contributed by atoms with Gasteiger partial charge >= 0.3 is 0 Å². The molecule has 0 bridgehead atoms. The highest BCUT2D eigenvalue weighted by atomic mass is 16.2. The number of amides is 2. The van der Waals surface area contributed by atoms with Crippen LogP contribution in [0.1, 0.15) is 68.9 Å². The molecular formula is C32H44N4O3. The van der Waals surface area contributed by atoms with Gasteiger partial charge in [0, 0.05) is 18.4 Å². The predicted octanol–water partition coefficient (Wildman–Crippen LogP) is 3.64. The molecule has 5 atom stereocenters. The highest BCUT2D eigenvalue weighted by molar-refractivity contribution is 5.95. The van der Waals surface area contributed by atoms with Crippen molar-refractivity contribution in [3.05, 3.63) is 71.8 Å². The van der Waals surface area contributed by atoms with Gasteiger partial charge < -0.3 is 20.9 Å². The Bertz CT molecular complexity index is 1050. The van der Waals surface area contributed by atoms with Crippen molar-refractivity contribution in [3.63, 3.8) is 0 Å². The molecule has 3 N–H and O–H groups in total. The van der Waals surface area contributed by atoms with Crippen molar-refractivity contribution in [1.82, 2.24) is 20.9 Å². The minimum atomic E-state index is -0.620. The van der Waals surface area contributed by atoms with Crippen molar-refractivity contribution in [3.8, 4) is 0 Å². The molecule has 2 aromatic carbocycles. The lowest BCUT2D eigenvalue weighted by Gasteiger charge is -2.33. The topological polar surface area (TPSA) is 90.5 Å². The molecule has 2 amide bonds. The van der Waals surface area contributed by atoms with Crippen LogP contribution in [0.5, 0.6) is 0 Å². The summed E-state index contributed by atoms with van der Waals surface area (Å²) in [6.45, 7) is 2.73. The molecule has 7 heteroatoms. The van der Waals surface area contributed by atoms with Gasteiger partial charge in [-0.1, -0.05) is 67.6 Å². The first-order valence-electron chi connectivity index (χ1n) is 14.5. The summed E-state index contributed by atoms with van der Waals surface area (Å²) in [4.78, 5) is 43.1. The van der Waals surface area contributed by atoms with Crippen LogP contribution in [-0.4, -0.2) is 67.3 Å². The summed E-state index contributed by atoms with van der Waals surface area (Å²) in [6.07, 6.45) is 5.00. The maximum Gasteiger partial charge on any atom is 0.246 e. The Morgan fingerprint density at radius 3 is 2.10 bits per heavy atom. The van der Waals surface area contributed by atoms with Crippen LogP contribution in [0, 0.1) is 5.92 Å². The van der Waals surface area contributed by atoms with Crippen LogP contribution < -0.4 is 16.0 Å². The first-order valence-corrected chi connectivity index (χ1v) is 14.5. The van der Waals surface area contributed by atoms with Gasteiger partial charge in [0.05, 0.1) is 12.1 Å². The van der Waals surface area contributed by atoms with Gasteiger partial charge in [0.1, 0.15) is 6.04 Å². The van der Waals surface area contributed by atoms with E-state index < -0.39 is 12.1 Å². The molecule has 0 spiro atoms. The number of rotatable bonds is 12. The largest absolute Gasteiger partial charge is 0.343 e. The minimum absolute atomic E-state index is 0.0333. The molecule has 2 aliphatic rings. The Hall–Kier alpha value is -3.03. The monoisotopic (exact) mass is 532 g/mol. The van der Waals surface area contributed by atoms with E-state index in [9.17, 15) is 14.4 Å². The van der Waals surface area contributed by atoms with Crippen molar-refractivity contribution < 1.29 is 14.4 Å². The number of nitrogens with zero attached hydrogens (tertiary/aromatic N) is 1. The summed E-state index contributed by atoms with van der Waals surface area (Å²) in [5.41, 5.74) is 2.20. The van der Waals surface area contributed by atoms with Gasteiger partial charge in [0.2, 0.25) is 11.8 Å². The number of nitrogens with one attached hydrogen (secondary N) is 3. The van der Waals surface area contributed by atoms with E-state index in [1.54, 1.807) is 7.05 Å². The summed E-state index contributed by atoms with van der Waals surface area (Å²) in [5, 5.41) is 9.35. The SMILES string of the molecule is CC[C@H](NC)C(=O)N[C@@H]1C(=O)N2[C@@H](CC[C@@H]1CCNC)CC[C@H]2C(=O)CC(c1ccccc1)c1ccccc1. The molecule has 0 aliphatic carbocycles. The molecule has 0 unspecified atom stereocenters. The zero-order valence-corrected chi connectivity index (χ0v) is 23.6. The second-order valence-electron chi connectivity index (χ2n) is 11.0. The standard InChI is InChI=1S/C32H44N4O3/c1-4-27(34-3)31(38)35-30-24(19-20-33-2)15-16-25-17-18-28(36(25)32(30)39)29(37)21-26(22-11-7-5-8-12-22)23-13-9-6-10-14-23/h5-14,24-28,30,33-34H,4,15-21H2,1-3H3,(H,35,38)/t24-,25+,27+,28+,30+/m1/s1. The number of fused-ring (bicyclic) bond motifs is 1. The third-order valence-electron chi connectivity index (χ3n) is 8.68. The maximum atomic E-state index is 14.2. The Morgan fingerprint density at radius 2 is 1.54 bits per heavy atom. The van der Waals surface area contributed by atoms with Gasteiger partial charge in [-0.15, -0.1) is 0 Å². The van der Waals surface area contributed by atoms with Crippen LogP contribution in [0.4, 0.5) is 0 Å². The zero-order valence-electron chi connectivity index (χ0n) is 23.6. The fraction of sp³-hybridized carbons (Fsp3) is 0.531. The Morgan fingerprint density at radius 1 is 0.923 bits per heavy atom. The molecule has 0 radical (unpaired) electrons. The third kappa shape index (κ3) is 6.76. The Balaban J connectivity index is 1.59. The lowest BCUT2D eigenvalue weighted by Crippen LogP contribution is -2.57. The predicted molar refractivity (Wildman–Crippen MR) is 154 cm³/mol. The van der Waals surface area contributed by atoms with E-state index in [0.29, 0.717) is 19.3 Å². The van der Waals surface area contributed by atoms with Gasteiger partial charge in [-0.25, -0.2) is 0 Å². The first kappa shape index (κ1) is 29.0. The molecule has 210 valence electrons. The lowest BCUT2D eigenvalue weighted by atomic mass is 9.85. The average molecular weight is 533 g/mol. The normalized spacial score (nSPS) is 23.8. The smallest absolute Gasteiger partial charge is 0.246 e. The molecule has 4 rings (SSSR count). The van der Waals surface area contributed by atoms with Gasteiger partial charge in [0.15, 0.2) is 5.78 Å². The maximum absolute atomic E-state index is 14.2. The van der Waals surface area contributed by atoms with Gasteiger partial charge in [-0.2, -0.15) is 0 Å². The van der Waals surface area contributed by atoms with Crippen molar-refractivity contribution >= 4 is 17.6 Å². The molecule has 7 nitrogen and oxygen atoms in total. The molecule has 2 fully saturated rings. The van der Waals surface area contributed by atoms with Gasteiger partial charge in [0.25, 0.3) is 0 Å². The quantitative estimate of drug-likeness (QED) is 0.388. The molecule has 2 aromatic rings. The second-order valence-corrected chi connectivity index (χ2v) is 11.0. The number of carbonyl (C=O) groups is 3. The molecule has 2 aliphatic heterocycles. The highest BCUT2D eigenvalue weighted by Gasteiger charge is 2.47. The lowest BCUT2D eigenvalue weighted by molar-refractivity contribution is -0.143. The second kappa shape index (κ2) is 13.9. The molecule has 39 heavy (non-hydrogen) atoms. The number of likely N-dealkylation sites (N-methyl/N-ethyl adjacent to an activating group) is 1. The summed E-state index contributed by atoms with van der Waals surface area (Å²) in [6, 6.07) is 18.9.